The molecule has 3 nitrogen and oxygen atoms in total. The SMILES string of the molecule is CC1CC(C)CC(Nc2ccc(N3CCCC3)nc2)C1. The van der Waals surface area contributed by atoms with E-state index in [1.165, 1.54) is 37.8 Å². The Balaban J connectivity index is 1.60. The lowest BCUT2D eigenvalue weighted by Crippen LogP contribution is -2.30. The molecule has 0 radical (unpaired) electrons. The predicted molar refractivity (Wildman–Crippen MR) is 85.3 cm³/mol. The fraction of sp³-hybridized carbons (Fsp3) is 0.706. The molecule has 0 bridgehead atoms. The van der Waals surface area contributed by atoms with E-state index in [0.717, 1.165) is 30.7 Å². The zero-order chi connectivity index (χ0) is 13.9. The van der Waals surface area contributed by atoms with Crippen LogP contribution >= 0.6 is 0 Å². The fourth-order valence-electron chi connectivity index (χ4n) is 3.91. The van der Waals surface area contributed by atoms with Gasteiger partial charge in [0.15, 0.2) is 0 Å². The molecule has 0 spiro atoms. The van der Waals surface area contributed by atoms with Crippen LogP contribution in [-0.4, -0.2) is 24.1 Å². The van der Waals surface area contributed by atoms with E-state index in [4.69, 9.17) is 0 Å². The minimum absolute atomic E-state index is 0.619. The van der Waals surface area contributed by atoms with E-state index in [-0.39, 0.29) is 0 Å². The first-order chi connectivity index (χ1) is 9.70. The smallest absolute Gasteiger partial charge is 0.128 e. The summed E-state index contributed by atoms with van der Waals surface area (Å²) in [6.07, 6.45) is 8.58. The molecule has 2 fully saturated rings. The molecule has 0 aromatic carbocycles. The highest BCUT2D eigenvalue weighted by atomic mass is 15.2. The molecule has 1 saturated heterocycles. The quantitative estimate of drug-likeness (QED) is 0.904. The zero-order valence-corrected chi connectivity index (χ0v) is 12.8. The molecule has 1 aromatic heterocycles. The Morgan fingerprint density at radius 1 is 1.05 bits per heavy atom. The van der Waals surface area contributed by atoms with Gasteiger partial charge in [-0.15, -0.1) is 0 Å². The summed E-state index contributed by atoms with van der Waals surface area (Å²) in [7, 11) is 0. The van der Waals surface area contributed by atoms with Crippen LogP contribution in [0.2, 0.25) is 0 Å². The minimum atomic E-state index is 0.619. The molecule has 2 aliphatic rings. The summed E-state index contributed by atoms with van der Waals surface area (Å²) < 4.78 is 0. The maximum atomic E-state index is 4.63. The Morgan fingerprint density at radius 3 is 2.35 bits per heavy atom. The van der Waals surface area contributed by atoms with E-state index in [0.29, 0.717) is 6.04 Å². The number of anilines is 2. The Labute approximate surface area is 122 Å². The van der Waals surface area contributed by atoms with Crippen LogP contribution in [0.5, 0.6) is 0 Å². The average Bonchev–Trinajstić information content (AvgIpc) is 2.92. The van der Waals surface area contributed by atoms with E-state index >= 15 is 0 Å². The summed E-state index contributed by atoms with van der Waals surface area (Å²) in [6, 6.07) is 4.99. The van der Waals surface area contributed by atoms with Crippen molar-refractivity contribution in [2.45, 2.75) is 52.0 Å². The Morgan fingerprint density at radius 2 is 1.75 bits per heavy atom. The zero-order valence-electron chi connectivity index (χ0n) is 12.8. The summed E-state index contributed by atoms with van der Waals surface area (Å²) in [5.41, 5.74) is 1.18. The van der Waals surface area contributed by atoms with Gasteiger partial charge in [0.25, 0.3) is 0 Å². The molecule has 1 aromatic rings. The molecule has 2 heterocycles. The van der Waals surface area contributed by atoms with Gasteiger partial charge in [0.2, 0.25) is 0 Å². The van der Waals surface area contributed by atoms with Gasteiger partial charge in [-0.3, -0.25) is 0 Å². The van der Waals surface area contributed by atoms with E-state index in [2.05, 4.69) is 41.2 Å². The van der Waals surface area contributed by atoms with E-state index in [9.17, 15) is 0 Å². The van der Waals surface area contributed by atoms with E-state index in [1.807, 2.05) is 6.20 Å². The highest BCUT2D eigenvalue weighted by Crippen LogP contribution is 2.30. The van der Waals surface area contributed by atoms with Crippen LogP contribution in [0.4, 0.5) is 11.5 Å². The topological polar surface area (TPSA) is 28.2 Å². The molecule has 110 valence electrons. The van der Waals surface area contributed by atoms with Gasteiger partial charge < -0.3 is 10.2 Å². The molecule has 1 aliphatic carbocycles. The van der Waals surface area contributed by atoms with Crippen molar-refractivity contribution in [3.05, 3.63) is 18.3 Å². The van der Waals surface area contributed by atoms with Crippen LogP contribution in [0.3, 0.4) is 0 Å². The van der Waals surface area contributed by atoms with Crippen molar-refractivity contribution in [3.8, 4) is 0 Å². The third kappa shape index (κ3) is 3.25. The Bertz CT molecular complexity index is 412. The van der Waals surface area contributed by atoms with Gasteiger partial charge in [0.1, 0.15) is 5.82 Å². The van der Waals surface area contributed by atoms with Crippen LogP contribution in [-0.2, 0) is 0 Å². The average molecular weight is 273 g/mol. The van der Waals surface area contributed by atoms with Crippen molar-refractivity contribution in [1.29, 1.82) is 0 Å². The number of nitrogens with zero attached hydrogens (tertiary/aromatic N) is 2. The number of hydrogen-bond donors (Lipinski definition) is 1. The van der Waals surface area contributed by atoms with Gasteiger partial charge in [-0.2, -0.15) is 0 Å². The molecule has 1 saturated carbocycles. The second-order valence-electron chi connectivity index (χ2n) is 6.86. The monoisotopic (exact) mass is 273 g/mol. The van der Waals surface area contributed by atoms with Crippen molar-refractivity contribution >= 4 is 11.5 Å². The minimum Gasteiger partial charge on any atom is -0.381 e. The molecule has 3 rings (SSSR count). The highest BCUT2D eigenvalue weighted by molar-refractivity contribution is 5.49. The normalized spacial score (nSPS) is 30.5. The molecule has 1 N–H and O–H groups in total. The van der Waals surface area contributed by atoms with Gasteiger partial charge in [-0.1, -0.05) is 13.8 Å². The first kappa shape index (κ1) is 13.7. The summed E-state index contributed by atoms with van der Waals surface area (Å²) >= 11 is 0. The molecular weight excluding hydrogens is 246 g/mol. The van der Waals surface area contributed by atoms with Crippen molar-refractivity contribution in [2.75, 3.05) is 23.3 Å². The molecule has 2 unspecified atom stereocenters. The number of hydrogen-bond acceptors (Lipinski definition) is 3. The van der Waals surface area contributed by atoms with Crippen LogP contribution < -0.4 is 10.2 Å². The predicted octanol–water partition coefficient (Wildman–Crippen LogP) is 3.92. The van der Waals surface area contributed by atoms with E-state index in [1.54, 1.807) is 0 Å². The van der Waals surface area contributed by atoms with Gasteiger partial charge in [-0.05, 0) is 56.1 Å². The first-order valence-corrected chi connectivity index (χ1v) is 8.18. The summed E-state index contributed by atoms with van der Waals surface area (Å²) in [4.78, 5) is 7.01. The van der Waals surface area contributed by atoms with Crippen LogP contribution in [0, 0.1) is 11.8 Å². The van der Waals surface area contributed by atoms with Crippen molar-refractivity contribution in [2.24, 2.45) is 11.8 Å². The lowest BCUT2D eigenvalue weighted by molar-refractivity contribution is 0.281. The van der Waals surface area contributed by atoms with Crippen LogP contribution in [0.1, 0.15) is 46.0 Å². The number of rotatable bonds is 3. The standard InChI is InChI=1S/C17H27N3/c1-13-9-14(2)11-16(10-13)19-15-5-6-17(18-12-15)20-7-3-4-8-20/h5-6,12-14,16,19H,3-4,7-11H2,1-2H3. The lowest BCUT2D eigenvalue weighted by atomic mass is 9.80. The largest absolute Gasteiger partial charge is 0.381 e. The maximum absolute atomic E-state index is 4.63. The molecule has 0 amide bonds. The fourth-order valence-corrected chi connectivity index (χ4v) is 3.91. The molecule has 2 atom stereocenters. The molecule has 3 heteroatoms. The third-order valence-corrected chi connectivity index (χ3v) is 4.73. The number of aromatic nitrogens is 1. The second kappa shape index (κ2) is 6.02. The number of nitrogens with one attached hydrogen (secondary N) is 1. The Kier molecular flexibility index (Phi) is 4.13. The molecular formula is C17H27N3. The first-order valence-electron chi connectivity index (χ1n) is 8.18. The third-order valence-electron chi connectivity index (χ3n) is 4.73. The summed E-state index contributed by atoms with van der Waals surface area (Å²) in [6.45, 7) is 7.08. The van der Waals surface area contributed by atoms with Crippen molar-refractivity contribution in [1.82, 2.24) is 4.98 Å². The van der Waals surface area contributed by atoms with Gasteiger partial charge in [0, 0.05) is 19.1 Å². The number of pyridine rings is 1. The Hall–Kier alpha value is -1.25. The summed E-state index contributed by atoms with van der Waals surface area (Å²) in [5, 5.41) is 3.68. The van der Waals surface area contributed by atoms with Gasteiger partial charge in [0.05, 0.1) is 11.9 Å². The van der Waals surface area contributed by atoms with Crippen molar-refractivity contribution in [3.63, 3.8) is 0 Å². The highest BCUT2D eigenvalue weighted by Gasteiger charge is 2.23. The maximum Gasteiger partial charge on any atom is 0.128 e. The van der Waals surface area contributed by atoms with E-state index < -0.39 is 0 Å². The molecule has 20 heavy (non-hydrogen) atoms. The van der Waals surface area contributed by atoms with Crippen LogP contribution in [0.15, 0.2) is 18.3 Å². The lowest BCUT2D eigenvalue weighted by Gasteiger charge is -2.32. The summed E-state index contributed by atoms with van der Waals surface area (Å²) in [5.74, 6) is 2.82. The van der Waals surface area contributed by atoms with Gasteiger partial charge in [-0.25, -0.2) is 4.98 Å². The van der Waals surface area contributed by atoms with Gasteiger partial charge >= 0.3 is 0 Å². The molecule has 1 aliphatic heterocycles. The second-order valence-corrected chi connectivity index (χ2v) is 6.86. The van der Waals surface area contributed by atoms with Crippen molar-refractivity contribution < 1.29 is 0 Å². The van der Waals surface area contributed by atoms with Crippen LogP contribution in [0.25, 0.3) is 0 Å².